The van der Waals surface area contributed by atoms with Crippen LogP contribution in [0.3, 0.4) is 0 Å². The second-order valence-corrected chi connectivity index (χ2v) is 8.06. The van der Waals surface area contributed by atoms with Crippen LogP contribution in [0.5, 0.6) is 0 Å². The number of carbonyl (C=O) groups is 1. The molecule has 0 bridgehead atoms. The molecule has 3 rings (SSSR count). The van der Waals surface area contributed by atoms with Gasteiger partial charge < -0.3 is 0 Å². The first-order chi connectivity index (χ1) is 12.4. The van der Waals surface area contributed by atoms with Crippen molar-refractivity contribution in [1.82, 2.24) is 10.2 Å². The number of nitrogens with zero attached hydrogens (tertiary/aromatic N) is 2. The first-order valence-corrected chi connectivity index (χ1v) is 9.82. The lowest BCUT2D eigenvalue weighted by Crippen LogP contribution is -2.18. The van der Waals surface area contributed by atoms with Crippen molar-refractivity contribution in [3.63, 3.8) is 0 Å². The zero-order chi connectivity index (χ0) is 18.6. The molecule has 3 aromatic rings. The normalized spacial score (nSPS) is 11.3. The van der Waals surface area contributed by atoms with E-state index in [-0.39, 0.29) is 0 Å². The summed E-state index contributed by atoms with van der Waals surface area (Å²) in [5, 5.41) is 15.8. The molecule has 2 N–H and O–H groups in total. The number of hydrogen-bond donors (Lipinski definition) is 2. The first-order valence-electron chi connectivity index (χ1n) is 7.14. The smallest absolute Gasteiger partial charge is 0.299 e. The third kappa shape index (κ3) is 5.19. The van der Waals surface area contributed by atoms with E-state index in [0.717, 1.165) is 23.5 Å². The molecule has 26 heavy (non-hydrogen) atoms. The van der Waals surface area contributed by atoms with Crippen molar-refractivity contribution >= 4 is 50.6 Å². The third-order valence-electron chi connectivity index (χ3n) is 3.00. The SMILES string of the molecule is O=C(Nc1cccs1)Nc1nnc(SCc2cccc(C(F)(F)F)c2)s1. The lowest BCUT2D eigenvalue weighted by Gasteiger charge is -2.07. The summed E-state index contributed by atoms with van der Waals surface area (Å²) in [7, 11) is 0. The van der Waals surface area contributed by atoms with E-state index in [9.17, 15) is 18.0 Å². The molecule has 0 unspecified atom stereocenters. The Balaban J connectivity index is 1.55. The van der Waals surface area contributed by atoms with Gasteiger partial charge in [-0.25, -0.2) is 4.79 Å². The molecule has 0 saturated carbocycles. The van der Waals surface area contributed by atoms with Gasteiger partial charge in [-0.05, 0) is 29.1 Å². The topological polar surface area (TPSA) is 66.9 Å². The average Bonchev–Trinajstić information content (AvgIpc) is 3.24. The van der Waals surface area contributed by atoms with E-state index < -0.39 is 17.8 Å². The van der Waals surface area contributed by atoms with Crippen LogP contribution in [0.15, 0.2) is 46.1 Å². The molecule has 5 nitrogen and oxygen atoms in total. The summed E-state index contributed by atoms with van der Waals surface area (Å²) in [5.74, 6) is 0.319. The molecular weight excluding hydrogens is 405 g/mol. The number of alkyl halides is 3. The van der Waals surface area contributed by atoms with Gasteiger partial charge in [0.25, 0.3) is 0 Å². The summed E-state index contributed by atoms with van der Waals surface area (Å²) >= 11 is 3.79. The number of anilines is 2. The predicted octanol–water partition coefficient (Wildman–Crippen LogP) is 5.55. The van der Waals surface area contributed by atoms with Crippen molar-refractivity contribution in [1.29, 1.82) is 0 Å². The Morgan fingerprint density at radius 3 is 2.73 bits per heavy atom. The van der Waals surface area contributed by atoms with Crippen molar-refractivity contribution in [2.45, 2.75) is 16.3 Å². The Kier molecular flexibility index (Phi) is 5.79. The number of amides is 2. The fraction of sp³-hybridized carbons (Fsp3) is 0.133. The van der Waals surface area contributed by atoms with Gasteiger partial charge >= 0.3 is 12.2 Å². The first kappa shape index (κ1) is 18.7. The lowest BCUT2D eigenvalue weighted by atomic mass is 10.1. The van der Waals surface area contributed by atoms with Crippen LogP contribution in [0.4, 0.5) is 28.1 Å². The Morgan fingerprint density at radius 2 is 2.00 bits per heavy atom. The van der Waals surface area contributed by atoms with E-state index in [2.05, 4.69) is 20.8 Å². The fourth-order valence-electron chi connectivity index (χ4n) is 1.89. The zero-order valence-corrected chi connectivity index (χ0v) is 15.4. The zero-order valence-electron chi connectivity index (χ0n) is 12.9. The van der Waals surface area contributed by atoms with Crippen molar-refractivity contribution < 1.29 is 18.0 Å². The largest absolute Gasteiger partial charge is 0.416 e. The highest BCUT2D eigenvalue weighted by Gasteiger charge is 2.30. The molecule has 1 aromatic carbocycles. The molecule has 0 fully saturated rings. The van der Waals surface area contributed by atoms with Gasteiger partial charge in [0, 0.05) is 5.75 Å². The fourth-order valence-corrected chi connectivity index (χ4v) is 4.19. The molecule has 0 aliphatic carbocycles. The van der Waals surface area contributed by atoms with Crippen molar-refractivity contribution in [3.05, 3.63) is 52.9 Å². The summed E-state index contributed by atoms with van der Waals surface area (Å²) in [5.41, 5.74) is -0.148. The number of hydrogen-bond acceptors (Lipinski definition) is 6. The van der Waals surface area contributed by atoms with Crippen LogP contribution >= 0.6 is 34.4 Å². The summed E-state index contributed by atoms with van der Waals surface area (Å²) in [4.78, 5) is 11.8. The van der Waals surface area contributed by atoms with Crippen molar-refractivity contribution in [2.75, 3.05) is 10.6 Å². The molecule has 0 radical (unpaired) electrons. The van der Waals surface area contributed by atoms with Crippen LogP contribution in [0.25, 0.3) is 0 Å². The molecule has 0 atom stereocenters. The molecule has 0 saturated heterocycles. The number of thiophene rings is 1. The standard InChI is InChI=1S/C15H11F3N4OS3/c16-15(17,18)10-4-1-3-9(7-10)8-25-14-22-21-13(26-14)20-12(23)19-11-5-2-6-24-11/h1-7H,8H2,(H2,19,20,21,23). The van der Waals surface area contributed by atoms with Crippen molar-refractivity contribution in [2.24, 2.45) is 0 Å². The maximum atomic E-state index is 12.7. The lowest BCUT2D eigenvalue weighted by molar-refractivity contribution is -0.137. The van der Waals surface area contributed by atoms with Gasteiger partial charge in [-0.15, -0.1) is 21.5 Å². The van der Waals surface area contributed by atoms with Gasteiger partial charge in [-0.2, -0.15) is 13.2 Å². The Bertz CT molecular complexity index is 880. The Morgan fingerprint density at radius 1 is 1.15 bits per heavy atom. The quantitative estimate of drug-likeness (QED) is 0.422. The number of carbonyl (C=O) groups excluding carboxylic acids is 1. The van der Waals surface area contributed by atoms with Gasteiger partial charge in [-0.1, -0.05) is 41.3 Å². The third-order valence-corrected chi connectivity index (χ3v) is 5.83. The highest BCUT2D eigenvalue weighted by molar-refractivity contribution is 8.00. The number of nitrogens with one attached hydrogen (secondary N) is 2. The number of benzene rings is 1. The predicted molar refractivity (Wildman–Crippen MR) is 97.9 cm³/mol. The number of thioether (sulfide) groups is 1. The monoisotopic (exact) mass is 416 g/mol. The number of halogens is 3. The molecule has 2 amide bonds. The van der Waals surface area contributed by atoms with Gasteiger partial charge in [-0.3, -0.25) is 10.6 Å². The highest BCUT2D eigenvalue weighted by Crippen LogP contribution is 2.32. The van der Waals surface area contributed by atoms with E-state index in [1.807, 2.05) is 11.4 Å². The maximum absolute atomic E-state index is 12.7. The average molecular weight is 416 g/mol. The second-order valence-electron chi connectivity index (χ2n) is 4.92. The molecule has 0 aliphatic rings. The minimum Gasteiger partial charge on any atom is -0.299 e. The van der Waals surface area contributed by atoms with E-state index in [1.54, 1.807) is 12.1 Å². The number of urea groups is 1. The molecule has 11 heteroatoms. The van der Waals surface area contributed by atoms with E-state index >= 15 is 0 Å². The minimum atomic E-state index is -4.36. The summed E-state index contributed by atoms with van der Waals surface area (Å²) in [6.45, 7) is 0. The van der Waals surface area contributed by atoms with Gasteiger partial charge in [0.05, 0.1) is 10.6 Å². The minimum absolute atomic E-state index is 0.311. The van der Waals surface area contributed by atoms with Crippen LogP contribution in [0.1, 0.15) is 11.1 Å². The van der Waals surface area contributed by atoms with Crippen LogP contribution in [0.2, 0.25) is 0 Å². The van der Waals surface area contributed by atoms with Crippen LogP contribution in [0, 0.1) is 0 Å². The molecule has 136 valence electrons. The number of rotatable bonds is 5. The van der Waals surface area contributed by atoms with E-state index in [0.29, 0.717) is 25.8 Å². The van der Waals surface area contributed by atoms with E-state index in [4.69, 9.17) is 0 Å². The number of aromatic nitrogens is 2. The molecule has 0 aliphatic heterocycles. The van der Waals surface area contributed by atoms with Crippen molar-refractivity contribution in [3.8, 4) is 0 Å². The maximum Gasteiger partial charge on any atom is 0.416 e. The van der Waals surface area contributed by atoms with Crippen LogP contribution in [-0.2, 0) is 11.9 Å². The Labute approximate surface area is 158 Å². The van der Waals surface area contributed by atoms with E-state index in [1.165, 1.54) is 29.2 Å². The van der Waals surface area contributed by atoms with Gasteiger partial charge in [0.15, 0.2) is 4.34 Å². The highest BCUT2D eigenvalue weighted by atomic mass is 32.2. The molecule has 0 spiro atoms. The van der Waals surface area contributed by atoms with Gasteiger partial charge in [0.2, 0.25) is 5.13 Å². The molecular formula is C15H11F3N4OS3. The second kappa shape index (κ2) is 8.06. The summed E-state index contributed by atoms with van der Waals surface area (Å²) < 4.78 is 38.7. The molecule has 2 heterocycles. The van der Waals surface area contributed by atoms with Crippen LogP contribution < -0.4 is 10.6 Å². The van der Waals surface area contributed by atoms with Gasteiger partial charge in [0.1, 0.15) is 0 Å². The summed E-state index contributed by atoms with van der Waals surface area (Å²) in [6.07, 6.45) is -4.36. The Hall–Kier alpha value is -2.11. The van der Waals surface area contributed by atoms with Crippen LogP contribution in [-0.4, -0.2) is 16.2 Å². The summed E-state index contributed by atoms with van der Waals surface area (Å²) in [6, 6.07) is 8.29. The molecule has 2 aromatic heterocycles.